The topological polar surface area (TPSA) is 83.0 Å². The Kier molecular flexibility index (Phi) is 2.60. The van der Waals surface area contributed by atoms with Gasteiger partial charge in [0.1, 0.15) is 18.7 Å². The monoisotopic (exact) mass is 405 g/mol. The predicted molar refractivity (Wildman–Crippen MR) is 105 cm³/mol. The van der Waals surface area contributed by atoms with Gasteiger partial charge in [0.2, 0.25) is 5.88 Å². The highest BCUT2D eigenvalue weighted by molar-refractivity contribution is 5.60. The number of ether oxygens (including phenoxy) is 1. The van der Waals surface area contributed by atoms with Gasteiger partial charge in [-0.3, -0.25) is 0 Å². The van der Waals surface area contributed by atoms with Crippen LogP contribution in [0.2, 0.25) is 0 Å². The van der Waals surface area contributed by atoms with E-state index in [4.69, 9.17) is 18.4 Å². The van der Waals surface area contributed by atoms with Gasteiger partial charge in [-0.15, -0.1) is 15.3 Å². The van der Waals surface area contributed by atoms with E-state index in [9.17, 15) is 4.39 Å². The molecule has 1 aromatic carbocycles. The highest BCUT2D eigenvalue weighted by Crippen LogP contribution is 2.32. The largest absolute Gasteiger partial charge is 0.468 e. The van der Waals surface area contributed by atoms with Crippen molar-refractivity contribution < 1.29 is 22.8 Å². The molecular weight excluding hydrogens is 373 g/mol. The van der Waals surface area contributed by atoms with Gasteiger partial charge in [-0.25, -0.2) is 14.1 Å². The number of hydrogen-bond donors (Lipinski definition) is 0. The highest BCUT2D eigenvalue weighted by Gasteiger charge is 2.24. The molecule has 0 saturated carbocycles. The van der Waals surface area contributed by atoms with Crippen molar-refractivity contribution in [2.24, 2.45) is 0 Å². The van der Waals surface area contributed by atoms with Crippen molar-refractivity contribution in [3.8, 4) is 17.3 Å². The second kappa shape index (κ2) is 7.23. The molecule has 0 saturated heterocycles. The molecule has 0 aliphatic rings. The molecule has 3 heterocycles. The SMILES string of the molecule is [2H]C([2H])(Oc1nn2c(-c3ccccc3F)nnc2cc1C(C)(C)C([2H])([2H])[2H])c1ncnn1C([2H])([2H])C([2H])([2H])[2H]. The Morgan fingerprint density at radius 2 is 2.14 bits per heavy atom. The number of aryl methyl sites for hydroxylation is 1. The third kappa shape index (κ3) is 3.55. The van der Waals surface area contributed by atoms with E-state index in [1.54, 1.807) is 6.07 Å². The molecule has 4 rings (SSSR count). The molecule has 9 heteroatoms. The van der Waals surface area contributed by atoms with E-state index in [0.29, 0.717) is 0 Å². The van der Waals surface area contributed by atoms with Crippen LogP contribution in [0.1, 0.15) is 52.6 Å². The molecule has 0 radical (unpaired) electrons. The summed E-state index contributed by atoms with van der Waals surface area (Å²) in [6.45, 7) is -9.47. The number of fused-ring (bicyclic) bond motifs is 1. The minimum atomic E-state index is -3.26. The molecule has 0 atom stereocenters. The highest BCUT2D eigenvalue weighted by atomic mass is 19.1. The molecule has 0 unspecified atom stereocenters. The van der Waals surface area contributed by atoms with Gasteiger partial charge in [0.25, 0.3) is 0 Å². The Balaban J connectivity index is 1.93. The van der Waals surface area contributed by atoms with Gasteiger partial charge in [0.15, 0.2) is 17.3 Å². The Labute approximate surface area is 181 Å². The summed E-state index contributed by atoms with van der Waals surface area (Å²) in [4.78, 5) is 3.68. The lowest BCUT2D eigenvalue weighted by atomic mass is 9.88. The van der Waals surface area contributed by atoms with Crippen LogP contribution in [-0.2, 0) is 18.5 Å². The number of halogens is 1. The minimum Gasteiger partial charge on any atom is -0.468 e. The molecule has 0 aliphatic heterocycles. The molecule has 150 valence electrons. The zero-order chi connectivity index (χ0) is 29.2. The lowest BCUT2D eigenvalue weighted by Gasteiger charge is -2.21. The molecule has 0 amide bonds. The van der Waals surface area contributed by atoms with Gasteiger partial charge in [-0.2, -0.15) is 9.61 Å². The molecule has 3 aromatic heterocycles. The van der Waals surface area contributed by atoms with Crippen molar-refractivity contribution >= 4 is 5.65 Å². The van der Waals surface area contributed by atoms with Crippen molar-refractivity contribution in [3.63, 3.8) is 0 Å². The minimum absolute atomic E-state index is 0.0000853. The van der Waals surface area contributed by atoms with Crippen molar-refractivity contribution in [1.29, 1.82) is 0 Å². The summed E-state index contributed by atoms with van der Waals surface area (Å²) in [5.41, 5.74) is -1.82. The summed E-state index contributed by atoms with van der Waals surface area (Å²) in [6.07, 6.45) is 0.750. The Morgan fingerprint density at radius 3 is 2.93 bits per heavy atom. The lowest BCUT2D eigenvalue weighted by molar-refractivity contribution is 0.264. The van der Waals surface area contributed by atoms with Crippen LogP contribution in [-0.4, -0.2) is 34.6 Å². The smallest absolute Gasteiger partial charge is 0.236 e. The normalized spacial score (nSPS) is 18.9. The number of aromatic nitrogens is 7. The van der Waals surface area contributed by atoms with Crippen molar-refractivity contribution in [3.05, 3.63) is 53.9 Å². The first-order chi connectivity index (χ1) is 17.8. The van der Waals surface area contributed by atoms with E-state index in [1.165, 1.54) is 38.1 Å². The molecule has 0 bridgehead atoms. The summed E-state index contributed by atoms with van der Waals surface area (Å²) >= 11 is 0. The van der Waals surface area contributed by atoms with E-state index in [2.05, 4.69) is 25.4 Å². The fourth-order valence-corrected chi connectivity index (χ4v) is 2.64. The molecule has 8 nitrogen and oxygen atoms in total. The Morgan fingerprint density at radius 1 is 1.28 bits per heavy atom. The molecule has 0 aliphatic carbocycles. The maximum Gasteiger partial charge on any atom is 0.236 e. The molecule has 0 fully saturated rings. The lowest BCUT2D eigenvalue weighted by Crippen LogP contribution is -2.17. The van der Waals surface area contributed by atoms with Crippen LogP contribution in [0.4, 0.5) is 4.39 Å². The van der Waals surface area contributed by atoms with Gasteiger partial charge in [0.05, 0.1) is 11.0 Å². The number of hydrogen-bond acceptors (Lipinski definition) is 6. The summed E-state index contributed by atoms with van der Waals surface area (Å²) in [7, 11) is 0. The second-order valence-corrected chi connectivity index (χ2v) is 6.57. The fraction of sp³-hybridized carbons (Fsp3) is 0.350. The maximum atomic E-state index is 14.5. The third-order valence-corrected chi connectivity index (χ3v) is 4.04. The Hall–Kier alpha value is -3.36. The maximum absolute atomic E-state index is 14.5. The number of benzene rings is 1. The molecule has 0 spiro atoms. The number of rotatable bonds is 5. The van der Waals surface area contributed by atoms with Gasteiger partial charge in [-0.05, 0) is 30.5 Å². The van der Waals surface area contributed by atoms with Crippen LogP contribution in [0, 0.1) is 5.82 Å². The second-order valence-electron chi connectivity index (χ2n) is 6.57. The van der Waals surface area contributed by atoms with Crippen molar-refractivity contribution in [1.82, 2.24) is 34.6 Å². The zero-order valence-corrected chi connectivity index (χ0v) is 15.4. The average molecular weight is 406 g/mol. The standard InChI is InChI=1S/C20H22FN7O/c1-5-27-17(22-12-23-27)11-29-19-14(20(2,3)4)10-16-24-25-18(28(16)26-19)13-8-6-7-9-15(13)21/h6-10,12H,5,11H2,1-4H3/i1D3,2D3,5D2,11D2. The van der Waals surface area contributed by atoms with Crippen LogP contribution in [0.5, 0.6) is 5.88 Å². The molecule has 0 N–H and O–H groups in total. The summed E-state index contributed by atoms with van der Waals surface area (Å²) < 4.78 is 101. The van der Waals surface area contributed by atoms with E-state index in [-0.39, 0.29) is 27.3 Å². The van der Waals surface area contributed by atoms with Gasteiger partial charge in [0, 0.05) is 20.3 Å². The van der Waals surface area contributed by atoms with E-state index in [0.717, 1.165) is 10.8 Å². The summed E-state index contributed by atoms with van der Waals surface area (Å²) in [5, 5.41) is 15.7. The van der Waals surface area contributed by atoms with Crippen molar-refractivity contribution in [2.75, 3.05) is 0 Å². The third-order valence-electron chi connectivity index (χ3n) is 4.04. The molecule has 29 heavy (non-hydrogen) atoms. The molecular formula is C20H22FN7O. The van der Waals surface area contributed by atoms with E-state index in [1.807, 2.05) is 0 Å². The quantitative estimate of drug-likeness (QED) is 0.506. The van der Waals surface area contributed by atoms with Crippen LogP contribution in [0.25, 0.3) is 17.0 Å². The van der Waals surface area contributed by atoms with Gasteiger partial charge in [-0.1, -0.05) is 32.8 Å². The van der Waals surface area contributed by atoms with Crippen LogP contribution < -0.4 is 4.74 Å². The molecule has 4 aromatic rings. The van der Waals surface area contributed by atoms with Crippen LogP contribution in [0.15, 0.2) is 36.7 Å². The average Bonchev–Trinajstić information content (AvgIpc) is 3.45. The number of nitrogens with zero attached hydrogens (tertiary/aromatic N) is 7. The van der Waals surface area contributed by atoms with Gasteiger partial charge >= 0.3 is 0 Å². The van der Waals surface area contributed by atoms with Crippen LogP contribution >= 0.6 is 0 Å². The fourth-order valence-electron chi connectivity index (χ4n) is 2.64. The summed E-state index contributed by atoms with van der Waals surface area (Å²) in [5.74, 6) is -2.19. The summed E-state index contributed by atoms with van der Waals surface area (Å²) in [6, 6.07) is 6.86. The zero-order valence-electron chi connectivity index (χ0n) is 25.4. The predicted octanol–water partition coefficient (Wildman–Crippen LogP) is 3.42. The first-order valence-electron chi connectivity index (χ1n) is 13.4. The van der Waals surface area contributed by atoms with Crippen molar-refractivity contribution in [2.45, 2.75) is 46.0 Å². The Bertz CT molecular complexity index is 1530. The van der Waals surface area contributed by atoms with Crippen LogP contribution in [0.3, 0.4) is 0 Å². The van der Waals surface area contributed by atoms with E-state index < -0.39 is 49.7 Å². The van der Waals surface area contributed by atoms with E-state index >= 15 is 0 Å². The first-order valence-corrected chi connectivity index (χ1v) is 8.41. The van der Waals surface area contributed by atoms with Gasteiger partial charge < -0.3 is 4.74 Å². The first kappa shape index (κ1) is 10.4.